The van der Waals surface area contributed by atoms with Crippen molar-refractivity contribution in [3.8, 4) is 0 Å². The third-order valence-corrected chi connectivity index (χ3v) is 3.67. The van der Waals surface area contributed by atoms with Crippen LogP contribution in [0.3, 0.4) is 0 Å². The summed E-state index contributed by atoms with van der Waals surface area (Å²) in [6.45, 7) is 1.83. The van der Waals surface area contributed by atoms with Crippen molar-refractivity contribution < 1.29 is 8.42 Å². The smallest absolute Gasteiger partial charge is 0.283 e. The van der Waals surface area contributed by atoms with Crippen LogP contribution in [-0.4, -0.2) is 17.6 Å². The van der Waals surface area contributed by atoms with Crippen LogP contribution in [0.2, 0.25) is 0 Å². The normalized spacial score (nSPS) is 11.6. The molecule has 0 atom stereocenters. The molecule has 0 saturated carbocycles. The molecule has 0 spiro atoms. The molecule has 2 aromatic rings. The highest BCUT2D eigenvalue weighted by atomic mass is 32.2. The Labute approximate surface area is 93.6 Å². The van der Waals surface area contributed by atoms with Gasteiger partial charge in [0, 0.05) is 12.3 Å². The van der Waals surface area contributed by atoms with Crippen LogP contribution in [0.4, 0.5) is 5.82 Å². The lowest BCUT2D eigenvalue weighted by atomic mass is 10.2. The fourth-order valence-corrected chi connectivity index (χ4v) is 2.56. The lowest BCUT2D eigenvalue weighted by Gasteiger charge is -2.04. The fraction of sp³-hybridized carbons (Fsp3) is 0.100. The van der Waals surface area contributed by atoms with Crippen molar-refractivity contribution >= 4 is 15.8 Å². The highest BCUT2D eigenvalue weighted by molar-refractivity contribution is 7.89. The van der Waals surface area contributed by atoms with Gasteiger partial charge in [0.1, 0.15) is 5.82 Å². The number of hydrogen-bond donors (Lipinski definition) is 1. The van der Waals surface area contributed by atoms with Gasteiger partial charge in [-0.2, -0.15) is 12.5 Å². The highest BCUT2D eigenvalue weighted by Crippen LogP contribution is 2.14. The molecular formula is C10H11N3O2S. The summed E-state index contributed by atoms with van der Waals surface area (Å²) >= 11 is 0. The predicted octanol–water partition coefficient (Wildman–Crippen LogP) is 1.01. The van der Waals surface area contributed by atoms with Crippen LogP contribution < -0.4 is 5.73 Å². The van der Waals surface area contributed by atoms with Crippen molar-refractivity contribution in [1.82, 2.24) is 9.19 Å². The van der Waals surface area contributed by atoms with Gasteiger partial charge in [0.05, 0.1) is 4.90 Å². The van der Waals surface area contributed by atoms with Crippen LogP contribution in [0.1, 0.15) is 5.56 Å². The van der Waals surface area contributed by atoms with E-state index in [9.17, 15) is 8.42 Å². The minimum atomic E-state index is -3.62. The summed E-state index contributed by atoms with van der Waals surface area (Å²) in [6.07, 6.45) is 1.33. The monoisotopic (exact) mass is 237 g/mol. The van der Waals surface area contributed by atoms with Crippen LogP contribution in [-0.2, 0) is 10.0 Å². The molecule has 2 N–H and O–H groups in total. The topological polar surface area (TPSA) is 78.0 Å². The van der Waals surface area contributed by atoms with Gasteiger partial charge in [-0.15, -0.1) is 5.10 Å². The van der Waals surface area contributed by atoms with E-state index in [1.807, 2.05) is 13.0 Å². The average molecular weight is 237 g/mol. The van der Waals surface area contributed by atoms with Crippen LogP contribution in [0.5, 0.6) is 0 Å². The molecule has 0 saturated heterocycles. The van der Waals surface area contributed by atoms with E-state index in [0.29, 0.717) is 0 Å². The van der Waals surface area contributed by atoms with Gasteiger partial charge in [0.25, 0.3) is 10.0 Å². The minimum absolute atomic E-state index is 0.177. The zero-order valence-electron chi connectivity index (χ0n) is 8.66. The van der Waals surface area contributed by atoms with Gasteiger partial charge in [-0.1, -0.05) is 12.1 Å². The molecule has 0 aliphatic heterocycles. The standard InChI is InChI=1S/C10H11N3O2S/c1-8-3-2-4-9(7-8)16(14,15)13-6-5-10(11)12-13/h2-7H,1H3,(H2,11,12). The van der Waals surface area contributed by atoms with E-state index in [-0.39, 0.29) is 10.7 Å². The van der Waals surface area contributed by atoms with E-state index in [4.69, 9.17) is 5.73 Å². The van der Waals surface area contributed by atoms with Crippen LogP contribution >= 0.6 is 0 Å². The zero-order chi connectivity index (χ0) is 11.8. The number of anilines is 1. The summed E-state index contributed by atoms with van der Waals surface area (Å²) in [6, 6.07) is 8.08. The molecule has 2 rings (SSSR count). The van der Waals surface area contributed by atoms with Crippen molar-refractivity contribution in [2.24, 2.45) is 0 Å². The molecule has 5 nitrogen and oxygen atoms in total. The Morgan fingerprint density at radius 2 is 2.06 bits per heavy atom. The summed E-state index contributed by atoms with van der Waals surface area (Å²) < 4.78 is 25.0. The Balaban J connectivity index is 2.55. The van der Waals surface area contributed by atoms with E-state index < -0.39 is 10.0 Å². The molecule has 0 bridgehead atoms. The van der Waals surface area contributed by atoms with Gasteiger partial charge in [-0.25, -0.2) is 0 Å². The van der Waals surface area contributed by atoms with Gasteiger partial charge in [-0.3, -0.25) is 0 Å². The molecule has 0 amide bonds. The Kier molecular flexibility index (Phi) is 2.43. The van der Waals surface area contributed by atoms with E-state index in [1.54, 1.807) is 12.1 Å². The van der Waals surface area contributed by atoms with Gasteiger partial charge in [0.15, 0.2) is 0 Å². The van der Waals surface area contributed by atoms with Crippen molar-refractivity contribution in [3.63, 3.8) is 0 Å². The molecule has 1 aromatic carbocycles. The lowest BCUT2D eigenvalue weighted by molar-refractivity contribution is 0.580. The van der Waals surface area contributed by atoms with Crippen molar-refractivity contribution in [1.29, 1.82) is 0 Å². The molecule has 84 valence electrons. The quantitative estimate of drug-likeness (QED) is 0.845. The number of rotatable bonds is 2. The highest BCUT2D eigenvalue weighted by Gasteiger charge is 2.17. The number of nitrogens with two attached hydrogens (primary N) is 1. The summed E-state index contributed by atoms with van der Waals surface area (Å²) in [7, 11) is -3.62. The van der Waals surface area contributed by atoms with Gasteiger partial charge in [-0.05, 0) is 24.6 Å². The first-order valence-electron chi connectivity index (χ1n) is 4.63. The second kappa shape index (κ2) is 3.64. The molecule has 6 heteroatoms. The second-order valence-corrected chi connectivity index (χ2v) is 5.23. The van der Waals surface area contributed by atoms with Crippen molar-refractivity contribution in [3.05, 3.63) is 42.1 Å². The Morgan fingerprint density at radius 3 is 2.62 bits per heavy atom. The van der Waals surface area contributed by atoms with E-state index in [1.165, 1.54) is 18.3 Å². The molecule has 0 aliphatic carbocycles. The maximum Gasteiger partial charge on any atom is 0.283 e. The van der Waals surface area contributed by atoms with Crippen molar-refractivity contribution in [2.45, 2.75) is 11.8 Å². The van der Waals surface area contributed by atoms with Gasteiger partial charge >= 0.3 is 0 Å². The number of hydrogen-bond acceptors (Lipinski definition) is 4. The molecule has 0 radical (unpaired) electrons. The van der Waals surface area contributed by atoms with Crippen molar-refractivity contribution in [2.75, 3.05) is 5.73 Å². The first-order chi connectivity index (χ1) is 7.50. The molecule has 0 aliphatic rings. The van der Waals surface area contributed by atoms with Crippen LogP contribution in [0.15, 0.2) is 41.4 Å². The number of nitrogens with zero attached hydrogens (tertiary/aromatic N) is 2. The van der Waals surface area contributed by atoms with Gasteiger partial charge in [0.2, 0.25) is 0 Å². The third-order valence-electron chi connectivity index (χ3n) is 2.12. The molecular weight excluding hydrogens is 226 g/mol. The minimum Gasteiger partial charge on any atom is -0.382 e. The Morgan fingerprint density at radius 1 is 1.31 bits per heavy atom. The molecule has 16 heavy (non-hydrogen) atoms. The van der Waals surface area contributed by atoms with Crippen LogP contribution in [0.25, 0.3) is 0 Å². The molecule has 1 heterocycles. The van der Waals surface area contributed by atoms with Crippen LogP contribution in [0, 0.1) is 6.92 Å². The summed E-state index contributed by atoms with van der Waals surface area (Å²) in [5, 5.41) is 3.69. The lowest BCUT2D eigenvalue weighted by Crippen LogP contribution is -2.13. The average Bonchev–Trinajstić information content (AvgIpc) is 2.65. The first kappa shape index (κ1) is 10.7. The summed E-state index contributed by atoms with van der Waals surface area (Å²) in [5.41, 5.74) is 6.26. The Hall–Kier alpha value is -1.82. The van der Waals surface area contributed by atoms with E-state index in [0.717, 1.165) is 9.65 Å². The largest absolute Gasteiger partial charge is 0.382 e. The van der Waals surface area contributed by atoms with E-state index in [2.05, 4.69) is 5.10 Å². The predicted molar refractivity (Wildman–Crippen MR) is 60.4 cm³/mol. The summed E-state index contributed by atoms with van der Waals surface area (Å²) in [5.74, 6) is 0.177. The zero-order valence-corrected chi connectivity index (χ0v) is 9.48. The molecule has 0 fully saturated rings. The fourth-order valence-electron chi connectivity index (χ4n) is 1.34. The van der Waals surface area contributed by atoms with Gasteiger partial charge < -0.3 is 5.73 Å². The number of benzene rings is 1. The SMILES string of the molecule is Cc1cccc(S(=O)(=O)n2ccc(N)n2)c1. The number of nitrogen functional groups attached to an aromatic ring is 1. The molecule has 1 aromatic heterocycles. The maximum atomic E-state index is 12.0. The number of aromatic nitrogens is 2. The summed E-state index contributed by atoms with van der Waals surface area (Å²) in [4.78, 5) is 0.204. The number of aryl methyl sites for hydroxylation is 1. The molecule has 0 unspecified atom stereocenters. The Bertz CT molecular complexity index is 616. The third kappa shape index (κ3) is 1.79. The second-order valence-electron chi connectivity index (χ2n) is 3.43. The maximum absolute atomic E-state index is 12.0. The first-order valence-corrected chi connectivity index (χ1v) is 6.07. The van der Waals surface area contributed by atoms with E-state index >= 15 is 0 Å².